The van der Waals surface area contributed by atoms with E-state index in [0.29, 0.717) is 11.2 Å². The van der Waals surface area contributed by atoms with Gasteiger partial charge in [0, 0.05) is 52.2 Å². The van der Waals surface area contributed by atoms with Crippen LogP contribution in [-0.2, 0) is 0 Å². The maximum atomic E-state index is 10.9. The van der Waals surface area contributed by atoms with Crippen molar-refractivity contribution in [2.45, 2.75) is 41.8 Å². The highest BCUT2D eigenvalue weighted by atomic mass is 32.2. The third-order valence-electron chi connectivity index (χ3n) is 6.17. The van der Waals surface area contributed by atoms with Crippen LogP contribution in [-0.4, -0.2) is 19.6 Å². The van der Waals surface area contributed by atoms with Gasteiger partial charge in [0.25, 0.3) is 5.69 Å². The van der Waals surface area contributed by atoms with Crippen LogP contribution in [0.15, 0.2) is 101 Å². The van der Waals surface area contributed by atoms with E-state index in [1.54, 1.807) is 23.9 Å². The Morgan fingerprint density at radius 1 is 1.03 bits per heavy atom. The van der Waals surface area contributed by atoms with Gasteiger partial charge in [-0.15, -0.1) is 0 Å². The molecule has 0 spiro atoms. The smallest absolute Gasteiger partial charge is 0.269 e. The van der Waals surface area contributed by atoms with E-state index in [1.165, 1.54) is 12.1 Å². The highest BCUT2D eigenvalue weighted by molar-refractivity contribution is 7.99. The summed E-state index contributed by atoms with van der Waals surface area (Å²) in [6, 6.07) is 23.1. The lowest BCUT2D eigenvalue weighted by Gasteiger charge is -2.27. The van der Waals surface area contributed by atoms with Gasteiger partial charge in [-0.2, -0.15) is 0 Å². The number of nitro groups is 1. The molecule has 7 nitrogen and oxygen atoms in total. The summed E-state index contributed by atoms with van der Waals surface area (Å²) in [5.41, 5.74) is 3.18. The van der Waals surface area contributed by atoms with Gasteiger partial charge in [-0.05, 0) is 86.2 Å². The zero-order valence-electron chi connectivity index (χ0n) is 19.8. The molecular weight excluding hydrogens is 490 g/mol. The summed E-state index contributed by atoms with van der Waals surface area (Å²) in [7, 11) is 0. The average molecular weight is 516 g/mol. The van der Waals surface area contributed by atoms with E-state index in [0.717, 1.165) is 26.7 Å². The number of pyridine rings is 1. The first-order chi connectivity index (χ1) is 17.4. The fourth-order valence-electron chi connectivity index (χ4n) is 4.35. The van der Waals surface area contributed by atoms with E-state index in [1.807, 2.05) is 24.4 Å². The number of anilines is 1. The highest BCUT2D eigenvalue weighted by Crippen LogP contribution is 2.42. The second-order valence-corrected chi connectivity index (χ2v) is 10.4. The van der Waals surface area contributed by atoms with Crippen molar-refractivity contribution < 1.29 is 4.92 Å². The normalized spacial score (nSPS) is 17.4. The van der Waals surface area contributed by atoms with Gasteiger partial charge in [-0.3, -0.25) is 15.1 Å². The Morgan fingerprint density at radius 2 is 1.72 bits per heavy atom. The predicted molar refractivity (Wildman–Crippen MR) is 146 cm³/mol. The highest BCUT2D eigenvalue weighted by Gasteiger charge is 2.41. The predicted octanol–water partition coefficient (Wildman–Crippen LogP) is 6.70. The Kier molecular flexibility index (Phi) is 6.75. The molecule has 1 aliphatic rings. The molecule has 0 saturated carbocycles. The lowest BCUT2D eigenvalue weighted by atomic mass is 9.98. The summed E-state index contributed by atoms with van der Waals surface area (Å²) in [5, 5.41) is 15.1. The van der Waals surface area contributed by atoms with Crippen molar-refractivity contribution in [1.29, 1.82) is 0 Å². The average Bonchev–Trinajstić information content (AvgIpc) is 3.50. The number of nitro benzene ring substituents is 1. The fraction of sp³-hybridized carbons (Fsp3) is 0.185. The van der Waals surface area contributed by atoms with Crippen LogP contribution in [0.4, 0.5) is 11.4 Å². The minimum atomic E-state index is -0.389. The number of hydrogen-bond acceptors (Lipinski definition) is 5. The van der Waals surface area contributed by atoms with Crippen LogP contribution in [0.5, 0.6) is 0 Å². The molecule has 5 rings (SSSR count). The second-order valence-electron chi connectivity index (χ2n) is 8.83. The Balaban J connectivity index is 1.44. The standard InChI is InChI=1S/C27H25N5O2S2/c1-18(2)30-16-14-19(17-30)26-25(24-5-3-4-15-28-24)29-27(35)31(26)20-6-10-22(11-7-20)36-23-12-8-21(9-13-23)32(33)34/h3-18,25-26H,1-2H3,(H,29,35)/t25-,26-/m0/s1. The zero-order chi connectivity index (χ0) is 25.2. The van der Waals surface area contributed by atoms with Crippen molar-refractivity contribution in [3.63, 3.8) is 0 Å². The Morgan fingerprint density at radius 3 is 2.31 bits per heavy atom. The number of non-ortho nitro benzene ring substituents is 1. The fourth-order valence-corrected chi connectivity index (χ4v) is 5.51. The van der Waals surface area contributed by atoms with Crippen molar-refractivity contribution >= 4 is 40.5 Å². The molecule has 2 atom stereocenters. The first kappa shape index (κ1) is 24.0. The molecule has 2 aromatic carbocycles. The van der Waals surface area contributed by atoms with E-state index in [4.69, 9.17) is 12.2 Å². The number of nitrogens with one attached hydrogen (secondary N) is 1. The zero-order valence-corrected chi connectivity index (χ0v) is 21.4. The molecule has 3 heterocycles. The molecule has 1 fully saturated rings. The third kappa shape index (κ3) is 4.84. The van der Waals surface area contributed by atoms with E-state index in [2.05, 4.69) is 76.3 Å². The number of rotatable bonds is 7. The Hall–Kier alpha value is -3.69. The van der Waals surface area contributed by atoms with Gasteiger partial charge in [0.05, 0.1) is 22.7 Å². The summed E-state index contributed by atoms with van der Waals surface area (Å²) in [6.45, 7) is 4.33. The van der Waals surface area contributed by atoms with Gasteiger partial charge < -0.3 is 14.8 Å². The second kappa shape index (κ2) is 10.1. The number of aromatic nitrogens is 2. The molecule has 1 N–H and O–H groups in total. The molecule has 1 aliphatic heterocycles. The summed E-state index contributed by atoms with van der Waals surface area (Å²) in [5.74, 6) is 0. The molecule has 0 unspecified atom stereocenters. The number of hydrogen-bond donors (Lipinski definition) is 1. The monoisotopic (exact) mass is 515 g/mol. The summed E-state index contributed by atoms with van der Waals surface area (Å²) in [4.78, 5) is 19.3. The SMILES string of the molecule is CC(C)n1ccc([C@H]2[C@H](c3ccccn3)NC(=S)N2c2ccc(Sc3ccc([N+](=O)[O-])cc3)cc2)c1. The van der Waals surface area contributed by atoms with Gasteiger partial charge in [0.15, 0.2) is 5.11 Å². The Labute approximate surface area is 219 Å². The van der Waals surface area contributed by atoms with E-state index < -0.39 is 0 Å². The summed E-state index contributed by atoms with van der Waals surface area (Å²) >= 11 is 7.38. The summed E-state index contributed by atoms with van der Waals surface area (Å²) < 4.78 is 2.20. The van der Waals surface area contributed by atoms with Crippen molar-refractivity contribution in [2.75, 3.05) is 4.90 Å². The molecule has 1 saturated heterocycles. The van der Waals surface area contributed by atoms with Crippen molar-refractivity contribution in [1.82, 2.24) is 14.9 Å². The first-order valence-electron chi connectivity index (χ1n) is 11.6. The van der Waals surface area contributed by atoms with Crippen LogP contribution in [0.25, 0.3) is 0 Å². The van der Waals surface area contributed by atoms with Crippen LogP contribution in [0.1, 0.15) is 43.2 Å². The molecule has 36 heavy (non-hydrogen) atoms. The molecule has 0 amide bonds. The van der Waals surface area contributed by atoms with Gasteiger partial charge in [-0.1, -0.05) is 17.8 Å². The van der Waals surface area contributed by atoms with Crippen LogP contribution in [0, 0.1) is 10.1 Å². The van der Waals surface area contributed by atoms with Gasteiger partial charge >= 0.3 is 0 Å². The summed E-state index contributed by atoms with van der Waals surface area (Å²) in [6.07, 6.45) is 6.11. The molecule has 0 bridgehead atoms. The van der Waals surface area contributed by atoms with E-state index in [-0.39, 0.29) is 22.7 Å². The lowest BCUT2D eigenvalue weighted by Crippen LogP contribution is -2.29. The minimum Gasteiger partial charge on any atom is -0.351 e. The molecule has 4 aromatic rings. The van der Waals surface area contributed by atoms with Crippen LogP contribution in [0.3, 0.4) is 0 Å². The third-order valence-corrected chi connectivity index (χ3v) is 7.50. The van der Waals surface area contributed by atoms with Crippen LogP contribution in [0.2, 0.25) is 0 Å². The minimum absolute atomic E-state index is 0.0550. The van der Waals surface area contributed by atoms with Crippen LogP contribution < -0.4 is 10.2 Å². The van der Waals surface area contributed by atoms with Gasteiger partial charge in [0.2, 0.25) is 0 Å². The largest absolute Gasteiger partial charge is 0.351 e. The molecule has 0 aliphatic carbocycles. The van der Waals surface area contributed by atoms with E-state index >= 15 is 0 Å². The Bertz CT molecular complexity index is 1370. The number of nitrogens with zero attached hydrogens (tertiary/aromatic N) is 4. The molecule has 9 heteroatoms. The molecule has 0 radical (unpaired) electrons. The number of thiocarbonyl (C=S) groups is 1. The van der Waals surface area contributed by atoms with Crippen molar-refractivity contribution in [3.05, 3.63) is 113 Å². The molecular formula is C27H25N5O2S2. The van der Waals surface area contributed by atoms with Gasteiger partial charge in [0.1, 0.15) is 0 Å². The van der Waals surface area contributed by atoms with Crippen molar-refractivity contribution in [2.24, 2.45) is 0 Å². The van der Waals surface area contributed by atoms with Crippen molar-refractivity contribution in [3.8, 4) is 0 Å². The van der Waals surface area contributed by atoms with Crippen LogP contribution >= 0.6 is 24.0 Å². The van der Waals surface area contributed by atoms with Gasteiger partial charge in [-0.25, -0.2) is 0 Å². The maximum Gasteiger partial charge on any atom is 0.269 e. The lowest BCUT2D eigenvalue weighted by molar-refractivity contribution is -0.384. The quantitative estimate of drug-likeness (QED) is 0.167. The number of benzene rings is 2. The topological polar surface area (TPSA) is 76.2 Å². The molecule has 182 valence electrons. The molecule has 2 aromatic heterocycles. The van der Waals surface area contributed by atoms with E-state index in [9.17, 15) is 10.1 Å². The maximum absolute atomic E-state index is 10.9. The first-order valence-corrected chi connectivity index (χ1v) is 12.8.